The second kappa shape index (κ2) is 10.9. The number of carbonyl (C=O) groups excluding carboxylic acids is 2. The summed E-state index contributed by atoms with van der Waals surface area (Å²) in [6.07, 6.45) is 3.52. The number of nitrogens with one attached hydrogen (secondary N) is 2. The predicted molar refractivity (Wildman–Crippen MR) is 124 cm³/mol. The van der Waals surface area contributed by atoms with E-state index < -0.39 is 45.6 Å². The molecule has 32 heavy (non-hydrogen) atoms. The molecule has 3 atom stereocenters. The molecule has 1 aliphatic heterocycles. The summed E-state index contributed by atoms with van der Waals surface area (Å²) >= 11 is 1.58. The Labute approximate surface area is 193 Å². The van der Waals surface area contributed by atoms with Gasteiger partial charge in [-0.05, 0) is 42.5 Å². The molecular formula is C23H28N2O5S2. The molecule has 9 heteroatoms. The fraction of sp³-hybridized carbons (Fsp3) is 0.391. The van der Waals surface area contributed by atoms with Crippen molar-refractivity contribution in [1.82, 2.24) is 10.6 Å². The SMILES string of the molecule is CCCCOC(=O)C1C(CS(=O)(=O)c2ccccc2)NC(=O)NC1c1ccc(SC)cc1. The number of sulfone groups is 1. The molecule has 1 aliphatic rings. The van der Waals surface area contributed by atoms with Crippen LogP contribution in [0.25, 0.3) is 0 Å². The average Bonchev–Trinajstić information content (AvgIpc) is 2.79. The Kier molecular flexibility index (Phi) is 8.20. The summed E-state index contributed by atoms with van der Waals surface area (Å²) < 4.78 is 31.5. The lowest BCUT2D eigenvalue weighted by molar-refractivity contribution is -0.151. The lowest BCUT2D eigenvalue weighted by atomic mass is 9.86. The van der Waals surface area contributed by atoms with Gasteiger partial charge >= 0.3 is 12.0 Å². The Bertz CT molecular complexity index is 1030. The largest absolute Gasteiger partial charge is 0.465 e. The molecule has 2 amide bonds. The van der Waals surface area contributed by atoms with Gasteiger partial charge in [-0.1, -0.05) is 43.7 Å². The van der Waals surface area contributed by atoms with Gasteiger partial charge in [-0.2, -0.15) is 0 Å². The topological polar surface area (TPSA) is 102 Å². The average molecular weight is 477 g/mol. The Morgan fingerprint density at radius 3 is 2.38 bits per heavy atom. The normalized spacial score (nSPS) is 20.8. The molecule has 0 aliphatic carbocycles. The molecule has 0 aromatic heterocycles. The van der Waals surface area contributed by atoms with Gasteiger partial charge < -0.3 is 15.4 Å². The Morgan fingerprint density at radius 1 is 1.06 bits per heavy atom. The van der Waals surface area contributed by atoms with E-state index >= 15 is 0 Å². The van der Waals surface area contributed by atoms with Crippen LogP contribution in [0.4, 0.5) is 4.79 Å². The van der Waals surface area contributed by atoms with Gasteiger partial charge in [0.2, 0.25) is 0 Å². The molecule has 2 aromatic rings. The number of thioether (sulfide) groups is 1. The van der Waals surface area contributed by atoms with Gasteiger partial charge in [-0.25, -0.2) is 13.2 Å². The van der Waals surface area contributed by atoms with E-state index in [1.54, 1.807) is 30.0 Å². The maximum atomic E-state index is 13.1. The standard InChI is InChI=1S/C23H28N2O5S2/c1-3-4-14-30-22(26)20-19(15-32(28,29)18-8-6-5-7-9-18)24-23(27)25-21(20)16-10-12-17(31-2)13-11-16/h5-13,19-21H,3-4,14-15H2,1-2H3,(H2,24,25,27). The molecule has 2 aromatic carbocycles. The molecular weight excluding hydrogens is 448 g/mol. The highest BCUT2D eigenvalue weighted by Gasteiger charge is 2.45. The number of rotatable bonds is 9. The first-order valence-corrected chi connectivity index (χ1v) is 13.4. The number of carbonyl (C=O) groups is 2. The van der Waals surface area contributed by atoms with Gasteiger partial charge in [0.25, 0.3) is 0 Å². The highest BCUT2D eigenvalue weighted by molar-refractivity contribution is 7.98. The van der Waals surface area contributed by atoms with Gasteiger partial charge in [0, 0.05) is 4.90 Å². The quantitative estimate of drug-likeness (QED) is 0.326. The second-order valence-corrected chi connectivity index (χ2v) is 10.5. The predicted octanol–water partition coefficient (Wildman–Crippen LogP) is 3.56. The number of hydrogen-bond donors (Lipinski definition) is 2. The number of benzene rings is 2. The van der Waals surface area contributed by atoms with E-state index in [4.69, 9.17) is 4.74 Å². The maximum absolute atomic E-state index is 13.1. The summed E-state index contributed by atoms with van der Waals surface area (Å²) in [6, 6.07) is 13.4. The Balaban J connectivity index is 1.94. The van der Waals surface area contributed by atoms with Crippen molar-refractivity contribution in [3.63, 3.8) is 0 Å². The van der Waals surface area contributed by atoms with Crippen molar-refractivity contribution in [3.05, 3.63) is 60.2 Å². The van der Waals surface area contributed by atoms with Gasteiger partial charge in [-0.3, -0.25) is 4.79 Å². The van der Waals surface area contributed by atoms with Crippen LogP contribution in [0.3, 0.4) is 0 Å². The monoisotopic (exact) mass is 476 g/mol. The van der Waals surface area contributed by atoms with Gasteiger partial charge in [0.15, 0.2) is 9.84 Å². The third-order valence-electron chi connectivity index (χ3n) is 5.39. The summed E-state index contributed by atoms with van der Waals surface area (Å²) in [7, 11) is -3.74. The van der Waals surface area contributed by atoms with Crippen LogP contribution in [-0.4, -0.2) is 45.1 Å². The molecule has 7 nitrogen and oxygen atoms in total. The van der Waals surface area contributed by atoms with Crippen molar-refractivity contribution in [3.8, 4) is 0 Å². The van der Waals surface area contributed by atoms with Gasteiger partial charge in [0.05, 0.1) is 29.3 Å². The zero-order chi connectivity index (χ0) is 23.1. The van der Waals surface area contributed by atoms with Crippen molar-refractivity contribution in [1.29, 1.82) is 0 Å². The van der Waals surface area contributed by atoms with Crippen molar-refractivity contribution in [2.24, 2.45) is 5.92 Å². The lowest BCUT2D eigenvalue weighted by Gasteiger charge is -2.38. The molecule has 0 saturated carbocycles. The summed E-state index contributed by atoms with van der Waals surface area (Å²) in [4.78, 5) is 26.8. The van der Waals surface area contributed by atoms with E-state index in [-0.39, 0.29) is 11.5 Å². The van der Waals surface area contributed by atoms with Crippen molar-refractivity contribution >= 4 is 33.6 Å². The zero-order valence-corrected chi connectivity index (χ0v) is 19.7. The van der Waals surface area contributed by atoms with Crippen LogP contribution in [0.2, 0.25) is 0 Å². The molecule has 2 N–H and O–H groups in total. The van der Waals surface area contributed by atoms with Crippen LogP contribution in [0.5, 0.6) is 0 Å². The van der Waals surface area contributed by atoms with E-state index in [9.17, 15) is 18.0 Å². The molecule has 1 fully saturated rings. The van der Waals surface area contributed by atoms with E-state index in [1.807, 2.05) is 37.4 Å². The molecule has 0 radical (unpaired) electrons. The van der Waals surface area contributed by atoms with Crippen LogP contribution in [0.15, 0.2) is 64.4 Å². The third kappa shape index (κ3) is 5.83. The minimum atomic E-state index is -3.74. The van der Waals surface area contributed by atoms with Crippen LogP contribution >= 0.6 is 11.8 Å². The first-order valence-electron chi connectivity index (χ1n) is 10.5. The Hall–Kier alpha value is -2.52. The first kappa shape index (κ1) is 24.1. The van der Waals surface area contributed by atoms with E-state index in [2.05, 4.69) is 10.6 Å². The smallest absolute Gasteiger partial charge is 0.315 e. The Morgan fingerprint density at radius 2 is 1.75 bits per heavy atom. The molecule has 1 heterocycles. The van der Waals surface area contributed by atoms with Crippen molar-refractivity contribution in [2.75, 3.05) is 18.6 Å². The highest BCUT2D eigenvalue weighted by Crippen LogP contribution is 2.32. The maximum Gasteiger partial charge on any atom is 0.315 e. The minimum absolute atomic E-state index is 0.145. The number of urea groups is 1. The number of esters is 1. The molecule has 0 spiro atoms. The summed E-state index contributed by atoms with van der Waals surface area (Å²) in [5.41, 5.74) is 0.720. The second-order valence-electron chi connectivity index (χ2n) is 7.62. The summed E-state index contributed by atoms with van der Waals surface area (Å²) in [6.45, 7) is 2.23. The van der Waals surface area contributed by atoms with Crippen molar-refractivity contribution < 1.29 is 22.7 Å². The molecule has 0 bridgehead atoms. The molecule has 3 unspecified atom stereocenters. The van der Waals surface area contributed by atoms with Gasteiger partial charge in [0.1, 0.15) is 5.92 Å². The van der Waals surface area contributed by atoms with Crippen molar-refractivity contribution in [2.45, 2.75) is 41.6 Å². The molecule has 172 valence electrons. The van der Waals surface area contributed by atoms with Gasteiger partial charge in [-0.15, -0.1) is 11.8 Å². The van der Waals surface area contributed by atoms with E-state index in [0.29, 0.717) is 6.42 Å². The van der Waals surface area contributed by atoms with E-state index in [0.717, 1.165) is 16.9 Å². The fourth-order valence-corrected chi connectivity index (χ4v) is 5.62. The number of hydrogen-bond acceptors (Lipinski definition) is 6. The molecule has 1 saturated heterocycles. The van der Waals surface area contributed by atoms with Crippen LogP contribution < -0.4 is 10.6 Å². The summed E-state index contributed by atoms with van der Waals surface area (Å²) in [5, 5.41) is 5.45. The third-order valence-corrected chi connectivity index (χ3v) is 7.92. The van der Waals surface area contributed by atoms with Crippen LogP contribution in [0.1, 0.15) is 31.4 Å². The lowest BCUT2D eigenvalue weighted by Crippen LogP contribution is -2.60. The van der Waals surface area contributed by atoms with Crippen LogP contribution in [-0.2, 0) is 19.4 Å². The first-order chi connectivity index (χ1) is 15.4. The number of ether oxygens (including phenoxy) is 1. The fourth-order valence-electron chi connectivity index (χ4n) is 3.68. The highest BCUT2D eigenvalue weighted by atomic mass is 32.2. The van der Waals surface area contributed by atoms with Crippen LogP contribution in [0, 0.1) is 5.92 Å². The molecule has 3 rings (SSSR count). The van der Waals surface area contributed by atoms with E-state index in [1.165, 1.54) is 12.1 Å². The number of unbranched alkanes of at least 4 members (excludes halogenated alkanes) is 1. The minimum Gasteiger partial charge on any atom is -0.465 e. The number of amides is 2. The zero-order valence-electron chi connectivity index (χ0n) is 18.1. The summed E-state index contributed by atoms with van der Waals surface area (Å²) in [5.74, 6) is -1.83.